The summed E-state index contributed by atoms with van der Waals surface area (Å²) in [7, 11) is 1.99. The van der Waals surface area contributed by atoms with E-state index in [9.17, 15) is 0 Å². The molecule has 0 spiro atoms. The number of amidine groups is 1. The molecule has 4 rings (SSSR count). The number of anilines is 1. The molecule has 1 aromatic carbocycles. The summed E-state index contributed by atoms with van der Waals surface area (Å²) in [6, 6.07) is 6.18. The van der Waals surface area contributed by atoms with Crippen LogP contribution >= 0.6 is 0 Å². The first-order valence-corrected chi connectivity index (χ1v) is 8.75. The Morgan fingerprint density at radius 1 is 1.42 bits per heavy atom. The number of benzene rings is 1. The van der Waals surface area contributed by atoms with E-state index < -0.39 is 0 Å². The van der Waals surface area contributed by atoms with Crippen LogP contribution in [0.3, 0.4) is 0 Å². The van der Waals surface area contributed by atoms with Crippen LogP contribution in [0.1, 0.15) is 12.5 Å². The van der Waals surface area contributed by atoms with Crippen molar-refractivity contribution in [1.29, 1.82) is 0 Å². The largest absolute Gasteiger partial charge is 0.493 e. The lowest BCUT2D eigenvalue weighted by molar-refractivity contribution is 0.357. The van der Waals surface area contributed by atoms with Crippen LogP contribution in [0.25, 0.3) is 0 Å². The van der Waals surface area contributed by atoms with Gasteiger partial charge < -0.3 is 20.0 Å². The molecule has 134 valence electrons. The summed E-state index contributed by atoms with van der Waals surface area (Å²) in [5.41, 5.74) is 8.57. The van der Waals surface area contributed by atoms with Crippen molar-refractivity contribution >= 4 is 11.5 Å². The van der Waals surface area contributed by atoms with E-state index >= 15 is 0 Å². The Kier molecular flexibility index (Phi) is 4.26. The number of allylic oxidation sites excluding steroid dienone is 1. The first-order valence-electron chi connectivity index (χ1n) is 8.75. The molecule has 0 fully saturated rings. The van der Waals surface area contributed by atoms with Gasteiger partial charge >= 0.3 is 0 Å². The Hall–Kier alpha value is -2.99. The van der Waals surface area contributed by atoms with Crippen molar-refractivity contribution in [2.75, 3.05) is 25.5 Å². The van der Waals surface area contributed by atoms with Crippen LogP contribution in [0.5, 0.6) is 5.75 Å². The first-order chi connectivity index (χ1) is 12.7. The predicted octanol–water partition coefficient (Wildman–Crippen LogP) is 2.97. The van der Waals surface area contributed by atoms with Gasteiger partial charge in [-0.05, 0) is 18.6 Å². The van der Waals surface area contributed by atoms with E-state index in [-0.39, 0.29) is 0 Å². The van der Waals surface area contributed by atoms with Crippen molar-refractivity contribution in [2.45, 2.75) is 13.3 Å². The third-order valence-corrected chi connectivity index (χ3v) is 4.67. The highest BCUT2D eigenvalue weighted by Crippen LogP contribution is 2.30. The number of nitrogens with one attached hydrogen (secondary N) is 2. The zero-order chi connectivity index (χ0) is 18.1. The summed E-state index contributed by atoms with van der Waals surface area (Å²) in [5.74, 6) is 1.67. The molecule has 26 heavy (non-hydrogen) atoms. The minimum absolute atomic E-state index is 0.727. The van der Waals surface area contributed by atoms with E-state index in [0.717, 1.165) is 48.2 Å². The molecule has 0 aromatic heterocycles. The lowest BCUT2D eigenvalue weighted by atomic mass is 10.1. The van der Waals surface area contributed by atoms with Crippen molar-refractivity contribution < 1.29 is 4.74 Å². The summed E-state index contributed by atoms with van der Waals surface area (Å²) in [5, 5.41) is 5.34. The standard InChI is InChI=1S/C20H23N5O/c1-4-18(16-12-22-24(3)13-16)25-9-8-21-20(14(25)2)23-17-6-5-15-7-10-26-19(15)11-17/h4-6,8-9,11,13,22H,2,7,10,12H2,1,3H3,(H,21,23)/b18-4-. The van der Waals surface area contributed by atoms with Crippen LogP contribution in [0.15, 0.2) is 71.4 Å². The Morgan fingerprint density at radius 3 is 3.08 bits per heavy atom. The molecule has 6 nitrogen and oxygen atoms in total. The number of ether oxygens (including phenoxy) is 1. The monoisotopic (exact) mass is 349 g/mol. The highest BCUT2D eigenvalue weighted by atomic mass is 16.5. The number of hydrogen-bond donors (Lipinski definition) is 2. The second-order valence-corrected chi connectivity index (χ2v) is 6.41. The Bertz CT molecular complexity index is 865. The summed E-state index contributed by atoms with van der Waals surface area (Å²) in [6.07, 6.45) is 8.88. The molecule has 0 saturated heterocycles. The molecule has 6 heteroatoms. The van der Waals surface area contributed by atoms with E-state index in [2.05, 4.69) is 51.6 Å². The fourth-order valence-corrected chi connectivity index (χ4v) is 3.33. The summed E-state index contributed by atoms with van der Waals surface area (Å²) in [4.78, 5) is 6.54. The molecule has 0 aliphatic carbocycles. The third kappa shape index (κ3) is 2.99. The maximum absolute atomic E-state index is 5.65. The first kappa shape index (κ1) is 16.5. The van der Waals surface area contributed by atoms with E-state index in [1.807, 2.05) is 31.2 Å². The molecule has 3 aliphatic heterocycles. The maximum atomic E-state index is 5.65. The zero-order valence-electron chi connectivity index (χ0n) is 15.1. The second-order valence-electron chi connectivity index (χ2n) is 6.41. The number of rotatable bonds is 3. The van der Waals surface area contributed by atoms with E-state index in [0.29, 0.717) is 0 Å². The van der Waals surface area contributed by atoms with E-state index in [1.54, 1.807) is 6.20 Å². The minimum atomic E-state index is 0.727. The van der Waals surface area contributed by atoms with Crippen molar-refractivity contribution in [3.63, 3.8) is 0 Å². The fourth-order valence-electron chi connectivity index (χ4n) is 3.33. The average molecular weight is 349 g/mol. The van der Waals surface area contributed by atoms with Crippen molar-refractivity contribution in [1.82, 2.24) is 15.3 Å². The molecule has 1 aromatic rings. The number of hydrazine groups is 1. The molecule has 0 saturated carbocycles. The zero-order valence-corrected chi connectivity index (χ0v) is 15.1. The van der Waals surface area contributed by atoms with Crippen molar-refractivity contribution in [2.24, 2.45) is 4.99 Å². The lowest BCUT2D eigenvalue weighted by Gasteiger charge is -2.29. The van der Waals surface area contributed by atoms with Crippen LogP contribution in [0.4, 0.5) is 5.69 Å². The maximum Gasteiger partial charge on any atom is 0.154 e. The number of hydrogen-bond acceptors (Lipinski definition) is 6. The highest BCUT2D eigenvalue weighted by Gasteiger charge is 2.23. The fraction of sp³-hybridized carbons (Fsp3) is 0.250. The van der Waals surface area contributed by atoms with E-state index in [4.69, 9.17) is 4.74 Å². The molecule has 3 heterocycles. The molecule has 0 bridgehead atoms. The van der Waals surface area contributed by atoms with Gasteiger partial charge in [0.2, 0.25) is 0 Å². The van der Waals surface area contributed by atoms with Crippen LogP contribution in [0, 0.1) is 0 Å². The quantitative estimate of drug-likeness (QED) is 0.879. The SMILES string of the molecule is C=C1C(Nc2ccc3c(c2)OCC3)=NC=CN1/C(=C\C)C1=CN(C)NC1. The van der Waals surface area contributed by atoms with Crippen molar-refractivity contribution in [3.8, 4) is 5.75 Å². The topological polar surface area (TPSA) is 52.1 Å². The molecule has 2 N–H and O–H groups in total. The number of nitrogens with zero attached hydrogens (tertiary/aromatic N) is 3. The average Bonchev–Trinajstić information content (AvgIpc) is 3.27. The van der Waals surface area contributed by atoms with Gasteiger partial charge in [-0.2, -0.15) is 0 Å². The van der Waals surface area contributed by atoms with Gasteiger partial charge in [-0.25, -0.2) is 10.4 Å². The molecular formula is C20H23N5O. The normalized spacial score (nSPS) is 19.3. The lowest BCUT2D eigenvalue weighted by Crippen LogP contribution is -2.30. The summed E-state index contributed by atoms with van der Waals surface area (Å²) in [6.45, 7) is 7.83. The van der Waals surface area contributed by atoms with Gasteiger partial charge in [-0.15, -0.1) is 0 Å². The summed E-state index contributed by atoms with van der Waals surface area (Å²) >= 11 is 0. The van der Waals surface area contributed by atoms with Gasteiger partial charge in [0.05, 0.1) is 12.3 Å². The highest BCUT2D eigenvalue weighted by molar-refractivity contribution is 6.08. The Balaban J connectivity index is 1.54. The van der Waals surface area contributed by atoms with E-state index in [1.165, 1.54) is 11.1 Å². The van der Waals surface area contributed by atoms with Gasteiger partial charge in [0, 0.05) is 61.6 Å². The molecule has 0 unspecified atom stereocenters. The Morgan fingerprint density at radius 2 is 2.31 bits per heavy atom. The van der Waals surface area contributed by atoms with Crippen LogP contribution < -0.4 is 15.5 Å². The minimum Gasteiger partial charge on any atom is -0.493 e. The van der Waals surface area contributed by atoms with Gasteiger partial charge in [-0.3, -0.25) is 0 Å². The van der Waals surface area contributed by atoms with Gasteiger partial charge in [0.1, 0.15) is 5.75 Å². The Labute approximate surface area is 153 Å². The molecule has 0 atom stereocenters. The predicted molar refractivity (Wildman–Crippen MR) is 104 cm³/mol. The van der Waals surface area contributed by atoms with Gasteiger partial charge in [0.15, 0.2) is 5.84 Å². The second kappa shape index (κ2) is 6.72. The van der Waals surface area contributed by atoms with Crippen LogP contribution in [-0.4, -0.2) is 35.9 Å². The van der Waals surface area contributed by atoms with Crippen LogP contribution in [0.2, 0.25) is 0 Å². The molecule has 3 aliphatic rings. The molecule has 0 radical (unpaired) electrons. The smallest absolute Gasteiger partial charge is 0.154 e. The number of aliphatic imine (C=N–C) groups is 1. The molecular weight excluding hydrogens is 326 g/mol. The van der Waals surface area contributed by atoms with Gasteiger partial charge in [-0.1, -0.05) is 18.7 Å². The van der Waals surface area contributed by atoms with Crippen molar-refractivity contribution in [3.05, 3.63) is 72.0 Å². The van der Waals surface area contributed by atoms with Gasteiger partial charge in [0.25, 0.3) is 0 Å². The summed E-state index contributed by atoms with van der Waals surface area (Å²) < 4.78 is 5.65. The number of fused-ring (bicyclic) bond motifs is 1. The third-order valence-electron chi connectivity index (χ3n) is 4.67. The van der Waals surface area contributed by atoms with Crippen LogP contribution in [-0.2, 0) is 6.42 Å². The molecule has 0 amide bonds.